The Morgan fingerprint density at radius 2 is 2.29 bits per heavy atom. The molecule has 2 N–H and O–H groups in total. The van der Waals surface area contributed by atoms with Crippen LogP contribution in [0.5, 0.6) is 0 Å². The van der Waals surface area contributed by atoms with Crippen molar-refractivity contribution < 1.29 is 9.59 Å². The van der Waals surface area contributed by atoms with Crippen LogP contribution in [0.4, 0.5) is 5.69 Å². The Morgan fingerprint density at radius 3 is 3.00 bits per heavy atom. The molecule has 2 amide bonds. The van der Waals surface area contributed by atoms with Crippen molar-refractivity contribution in [2.75, 3.05) is 25.0 Å². The van der Waals surface area contributed by atoms with E-state index in [1.807, 2.05) is 30.0 Å². The van der Waals surface area contributed by atoms with Gasteiger partial charge in [0, 0.05) is 30.4 Å². The van der Waals surface area contributed by atoms with Crippen LogP contribution >= 0.6 is 0 Å². The first-order valence-electron chi connectivity index (χ1n) is 7.63. The fraction of sp³-hybridized carbons (Fsp3) is 0.500. The summed E-state index contributed by atoms with van der Waals surface area (Å²) < 4.78 is 0. The van der Waals surface area contributed by atoms with Crippen molar-refractivity contribution in [3.8, 4) is 0 Å². The maximum atomic E-state index is 12.7. The van der Waals surface area contributed by atoms with Gasteiger partial charge in [-0.05, 0) is 44.0 Å². The van der Waals surface area contributed by atoms with E-state index in [1.54, 1.807) is 0 Å². The third-order valence-corrected chi connectivity index (χ3v) is 4.30. The Hall–Kier alpha value is -1.88. The van der Waals surface area contributed by atoms with Gasteiger partial charge in [-0.2, -0.15) is 0 Å². The molecule has 2 aliphatic heterocycles. The van der Waals surface area contributed by atoms with Gasteiger partial charge in [-0.3, -0.25) is 9.59 Å². The molecule has 0 aliphatic carbocycles. The van der Waals surface area contributed by atoms with Gasteiger partial charge >= 0.3 is 0 Å². The van der Waals surface area contributed by atoms with E-state index in [4.69, 9.17) is 0 Å². The number of carbonyl (C=O) groups excluding carboxylic acids is 2. The van der Waals surface area contributed by atoms with Crippen molar-refractivity contribution >= 4 is 17.5 Å². The molecule has 0 spiro atoms. The van der Waals surface area contributed by atoms with E-state index >= 15 is 0 Å². The SMILES string of the molecule is CCN(C(=O)c1ccc2c(c1)NC(=O)C2)C1CCCNC1. The number of nitrogens with one attached hydrogen (secondary N) is 2. The highest BCUT2D eigenvalue weighted by molar-refractivity contribution is 6.02. The lowest BCUT2D eigenvalue weighted by Crippen LogP contribution is -2.48. The van der Waals surface area contributed by atoms with Crippen LogP contribution in [0.15, 0.2) is 18.2 Å². The fourth-order valence-electron chi connectivity index (χ4n) is 3.18. The lowest BCUT2D eigenvalue weighted by Gasteiger charge is -2.34. The van der Waals surface area contributed by atoms with Crippen LogP contribution in [-0.2, 0) is 11.2 Å². The molecule has 2 heterocycles. The zero-order chi connectivity index (χ0) is 14.8. The summed E-state index contributed by atoms with van der Waals surface area (Å²) in [6, 6.07) is 5.79. The summed E-state index contributed by atoms with van der Waals surface area (Å²) in [6.07, 6.45) is 2.57. The predicted octanol–water partition coefficient (Wildman–Crippen LogP) is 1.40. The minimum absolute atomic E-state index is 0.00146. The molecular weight excluding hydrogens is 266 g/mol. The molecule has 0 bridgehead atoms. The van der Waals surface area contributed by atoms with Crippen molar-refractivity contribution in [3.05, 3.63) is 29.3 Å². The number of benzene rings is 1. The van der Waals surface area contributed by atoms with Gasteiger partial charge < -0.3 is 15.5 Å². The smallest absolute Gasteiger partial charge is 0.254 e. The Kier molecular flexibility index (Phi) is 3.92. The third kappa shape index (κ3) is 2.78. The molecule has 3 rings (SSSR count). The first-order valence-corrected chi connectivity index (χ1v) is 7.63. The largest absolute Gasteiger partial charge is 0.335 e. The molecule has 2 aliphatic rings. The number of likely N-dealkylation sites (N-methyl/N-ethyl adjacent to an activating group) is 1. The molecular formula is C16H21N3O2. The van der Waals surface area contributed by atoms with E-state index in [9.17, 15) is 9.59 Å². The van der Waals surface area contributed by atoms with Crippen LogP contribution < -0.4 is 10.6 Å². The molecule has 1 fully saturated rings. The number of rotatable bonds is 3. The lowest BCUT2D eigenvalue weighted by atomic mass is 10.0. The molecule has 0 saturated carbocycles. The molecule has 112 valence electrons. The van der Waals surface area contributed by atoms with Gasteiger partial charge in [-0.1, -0.05) is 6.07 Å². The highest BCUT2D eigenvalue weighted by atomic mass is 16.2. The Labute approximate surface area is 124 Å². The van der Waals surface area contributed by atoms with Crippen molar-refractivity contribution in [3.63, 3.8) is 0 Å². The summed E-state index contributed by atoms with van der Waals surface area (Å²) in [5.41, 5.74) is 2.41. The number of hydrogen-bond donors (Lipinski definition) is 2. The Bertz CT molecular complexity index is 565. The maximum Gasteiger partial charge on any atom is 0.254 e. The van der Waals surface area contributed by atoms with E-state index in [0.717, 1.165) is 37.2 Å². The van der Waals surface area contributed by atoms with Crippen molar-refractivity contribution in [2.24, 2.45) is 0 Å². The Morgan fingerprint density at radius 1 is 1.43 bits per heavy atom. The Balaban J connectivity index is 1.80. The van der Waals surface area contributed by atoms with E-state index in [1.165, 1.54) is 0 Å². The van der Waals surface area contributed by atoms with E-state index < -0.39 is 0 Å². The first-order chi connectivity index (χ1) is 10.2. The third-order valence-electron chi connectivity index (χ3n) is 4.30. The van der Waals surface area contributed by atoms with Crippen LogP contribution in [-0.4, -0.2) is 42.4 Å². The van der Waals surface area contributed by atoms with Crippen molar-refractivity contribution in [1.82, 2.24) is 10.2 Å². The molecule has 5 nitrogen and oxygen atoms in total. The summed E-state index contributed by atoms with van der Waals surface area (Å²) in [5.74, 6) is 0.0496. The van der Waals surface area contributed by atoms with Gasteiger partial charge in [0.1, 0.15) is 0 Å². The number of fused-ring (bicyclic) bond motifs is 1. The van der Waals surface area contributed by atoms with E-state index in [0.29, 0.717) is 18.5 Å². The molecule has 1 aromatic carbocycles. The molecule has 0 aromatic heterocycles. The fourth-order valence-corrected chi connectivity index (χ4v) is 3.18. The van der Waals surface area contributed by atoms with Crippen LogP contribution in [0, 0.1) is 0 Å². The second-order valence-corrected chi connectivity index (χ2v) is 5.69. The zero-order valence-electron chi connectivity index (χ0n) is 12.3. The highest BCUT2D eigenvalue weighted by Gasteiger charge is 2.26. The van der Waals surface area contributed by atoms with Crippen molar-refractivity contribution in [2.45, 2.75) is 32.2 Å². The second-order valence-electron chi connectivity index (χ2n) is 5.69. The number of nitrogens with zero attached hydrogens (tertiary/aromatic N) is 1. The maximum absolute atomic E-state index is 12.7. The summed E-state index contributed by atoms with van der Waals surface area (Å²) in [5, 5.41) is 6.16. The van der Waals surface area contributed by atoms with Crippen LogP contribution in [0.1, 0.15) is 35.7 Å². The lowest BCUT2D eigenvalue weighted by molar-refractivity contribution is -0.115. The molecule has 1 unspecified atom stereocenters. The molecule has 21 heavy (non-hydrogen) atoms. The molecule has 0 radical (unpaired) electrons. The summed E-state index contributed by atoms with van der Waals surface area (Å²) >= 11 is 0. The second kappa shape index (κ2) is 5.85. The monoisotopic (exact) mass is 287 g/mol. The first kappa shape index (κ1) is 14.1. The van der Waals surface area contributed by atoms with Gasteiger partial charge in [0.25, 0.3) is 5.91 Å². The summed E-state index contributed by atoms with van der Waals surface area (Å²) in [4.78, 5) is 26.1. The number of carbonyl (C=O) groups is 2. The normalized spacial score (nSPS) is 20.8. The minimum Gasteiger partial charge on any atom is -0.335 e. The van der Waals surface area contributed by atoms with Gasteiger partial charge in [-0.25, -0.2) is 0 Å². The molecule has 1 atom stereocenters. The van der Waals surface area contributed by atoms with E-state index in [2.05, 4.69) is 10.6 Å². The topological polar surface area (TPSA) is 61.4 Å². The van der Waals surface area contributed by atoms with Gasteiger partial charge in [0.05, 0.1) is 6.42 Å². The quantitative estimate of drug-likeness (QED) is 0.883. The number of hydrogen-bond acceptors (Lipinski definition) is 3. The average Bonchev–Trinajstić information content (AvgIpc) is 2.88. The van der Waals surface area contributed by atoms with E-state index in [-0.39, 0.29) is 17.9 Å². The zero-order valence-corrected chi connectivity index (χ0v) is 12.3. The van der Waals surface area contributed by atoms with Crippen molar-refractivity contribution in [1.29, 1.82) is 0 Å². The standard InChI is InChI=1S/C16H21N3O2/c1-2-19(13-4-3-7-17-10-13)16(21)12-6-5-11-9-15(20)18-14(11)8-12/h5-6,8,13,17H,2-4,7,9-10H2,1H3,(H,18,20). The predicted molar refractivity (Wildman–Crippen MR) is 81.4 cm³/mol. The highest BCUT2D eigenvalue weighted by Crippen LogP contribution is 2.25. The molecule has 1 saturated heterocycles. The van der Waals surface area contributed by atoms with Gasteiger partial charge in [0.2, 0.25) is 5.91 Å². The molecule has 1 aromatic rings. The molecule has 5 heteroatoms. The van der Waals surface area contributed by atoms with Crippen LogP contribution in [0.2, 0.25) is 0 Å². The summed E-state index contributed by atoms with van der Waals surface area (Å²) in [7, 11) is 0. The number of amides is 2. The van der Waals surface area contributed by atoms with Gasteiger partial charge in [0.15, 0.2) is 0 Å². The van der Waals surface area contributed by atoms with Crippen LogP contribution in [0.25, 0.3) is 0 Å². The number of piperidine rings is 1. The average molecular weight is 287 g/mol. The minimum atomic E-state index is -0.00146. The van der Waals surface area contributed by atoms with Gasteiger partial charge in [-0.15, -0.1) is 0 Å². The number of anilines is 1. The summed E-state index contributed by atoms with van der Waals surface area (Å²) in [6.45, 7) is 4.62. The van der Waals surface area contributed by atoms with Crippen LogP contribution in [0.3, 0.4) is 0 Å².